The number of hydrogen-bond acceptors (Lipinski definition) is 7. The predicted molar refractivity (Wildman–Crippen MR) is 120 cm³/mol. The van der Waals surface area contributed by atoms with Gasteiger partial charge in [0.25, 0.3) is 11.5 Å². The lowest BCUT2D eigenvalue weighted by Gasteiger charge is -2.22. The van der Waals surface area contributed by atoms with Crippen LogP contribution in [0.25, 0.3) is 5.76 Å². The maximum absolute atomic E-state index is 13.1. The Hall–Kier alpha value is -4.27. The zero-order valence-corrected chi connectivity index (χ0v) is 18.2. The van der Waals surface area contributed by atoms with Gasteiger partial charge in [-0.05, 0) is 5.56 Å². The number of anilines is 1. The Labute approximate surface area is 189 Å². The standard InChI is InChI=1S/C24H21N3O6/c1-24(2,3)17-13-18(25-33-17)26-20(15-10-7-11-16(12-15)27(31)32)19(22(29)23(26)30)21(28)14-8-5-4-6-9-14/h4-13,20,28H,1-3H3/b21-19-. The Bertz CT molecular complexity index is 1290. The van der Waals surface area contributed by atoms with Crippen molar-refractivity contribution in [2.45, 2.75) is 32.2 Å². The summed E-state index contributed by atoms with van der Waals surface area (Å²) in [5.41, 5.74) is -0.202. The van der Waals surface area contributed by atoms with Crippen LogP contribution in [0.4, 0.5) is 11.5 Å². The summed E-state index contributed by atoms with van der Waals surface area (Å²) in [7, 11) is 0. The van der Waals surface area contributed by atoms with Crippen LogP contribution in [0, 0.1) is 10.1 Å². The van der Waals surface area contributed by atoms with E-state index in [0.29, 0.717) is 11.3 Å². The highest BCUT2D eigenvalue weighted by molar-refractivity contribution is 6.51. The average molecular weight is 447 g/mol. The molecule has 1 fully saturated rings. The number of nitro groups is 1. The summed E-state index contributed by atoms with van der Waals surface area (Å²) in [6.07, 6.45) is 0. The first kappa shape index (κ1) is 21.9. The third-order valence-electron chi connectivity index (χ3n) is 5.37. The van der Waals surface area contributed by atoms with Crippen molar-refractivity contribution in [3.8, 4) is 0 Å². The van der Waals surface area contributed by atoms with Gasteiger partial charge in [0.15, 0.2) is 5.82 Å². The minimum absolute atomic E-state index is 0.0747. The van der Waals surface area contributed by atoms with Gasteiger partial charge < -0.3 is 9.63 Å². The van der Waals surface area contributed by atoms with Crippen molar-refractivity contribution in [3.05, 3.63) is 93.2 Å². The molecule has 1 unspecified atom stereocenters. The fraction of sp³-hybridized carbons (Fsp3) is 0.208. The smallest absolute Gasteiger partial charge is 0.301 e. The van der Waals surface area contributed by atoms with Crippen molar-refractivity contribution in [1.29, 1.82) is 0 Å². The number of ketones is 1. The number of aliphatic hydroxyl groups is 1. The normalized spacial score (nSPS) is 18.0. The molecule has 0 spiro atoms. The summed E-state index contributed by atoms with van der Waals surface area (Å²) < 4.78 is 5.41. The van der Waals surface area contributed by atoms with Gasteiger partial charge in [-0.1, -0.05) is 68.4 Å². The Balaban J connectivity index is 1.95. The first-order valence-corrected chi connectivity index (χ1v) is 10.2. The quantitative estimate of drug-likeness (QED) is 0.205. The van der Waals surface area contributed by atoms with E-state index in [4.69, 9.17) is 4.52 Å². The molecule has 9 heteroatoms. The predicted octanol–water partition coefficient (Wildman–Crippen LogP) is 4.51. The van der Waals surface area contributed by atoms with Crippen LogP contribution >= 0.6 is 0 Å². The molecule has 4 rings (SSSR count). The molecule has 1 amide bonds. The number of rotatable bonds is 4. The lowest BCUT2D eigenvalue weighted by molar-refractivity contribution is -0.384. The number of carbonyl (C=O) groups is 2. The highest BCUT2D eigenvalue weighted by Crippen LogP contribution is 2.43. The van der Waals surface area contributed by atoms with Gasteiger partial charge in [0.1, 0.15) is 11.5 Å². The summed E-state index contributed by atoms with van der Waals surface area (Å²) >= 11 is 0. The van der Waals surface area contributed by atoms with E-state index >= 15 is 0 Å². The summed E-state index contributed by atoms with van der Waals surface area (Å²) in [4.78, 5) is 38.1. The van der Waals surface area contributed by atoms with Gasteiger partial charge >= 0.3 is 5.91 Å². The number of carbonyl (C=O) groups excluding carboxylic acids is 2. The van der Waals surface area contributed by atoms with Gasteiger partial charge in [0.05, 0.1) is 16.5 Å². The van der Waals surface area contributed by atoms with Gasteiger partial charge in [0, 0.05) is 29.2 Å². The van der Waals surface area contributed by atoms with Crippen LogP contribution in [0.5, 0.6) is 0 Å². The van der Waals surface area contributed by atoms with E-state index in [1.165, 1.54) is 18.2 Å². The van der Waals surface area contributed by atoms with Crippen molar-refractivity contribution in [2.24, 2.45) is 0 Å². The van der Waals surface area contributed by atoms with Gasteiger partial charge in [-0.15, -0.1) is 0 Å². The van der Waals surface area contributed by atoms with E-state index in [1.54, 1.807) is 42.5 Å². The molecule has 1 aliphatic rings. The van der Waals surface area contributed by atoms with Gasteiger partial charge in [-0.2, -0.15) is 0 Å². The second kappa shape index (κ2) is 8.01. The molecule has 0 aliphatic carbocycles. The molecule has 33 heavy (non-hydrogen) atoms. The second-order valence-corrected chi connectivity index (χ2v) is 8.69. The summed E-state index contributed by atoms with van der Waals surface area (Å²) in [5.74, 6) is -1.66. The van der Waals surface area contributed by atoms with Crippen molar-refractivity contribution < 1.29 is 24.1 Å². The number of amides is 1. The zero-order valence-electron chi connectivity index (χ0n) is 18.2. The summed E-state index contributed by atoms with van der Waals surface area (Å²) in [5, 5.41) is 26.4. The van der Waals surface area contributed by atoms with Crippen LogP contribution < -0.4 is 4.90 Å². The van der Waals surface area contributed by atoms with Crippen LogP contribution in [0.15, 0.2) is 70.8 Å². The number of nitro benzene ring substituents is 1. The van der Waals surface area contributed by atoms with Crippen molar-refractivity contribution in [3.63, 3.8) is 0 Å². The van der Waals surface area contributed by atoms with Crippen LogP contribution in [-0.4, -0.2) is 26.9 Å². The Morgan fingerprint density at radius 3 is 2.39 bits per heavy atom. The Kier molecular flexibility index (Phi) is 5.33. The van der Waals surface area contributed by atoms with E-state index in [-0.39, 0.29) is 28.4 Å². The lowest BCUT2D eigenvalue weighted by atomic mass is 9.93. The van der Waals surface area contributed by atoms with Crippen molar-refractivity contribution >= 4 is 29.0 Å². The van der Waals surface area contributed by atoms with Crippen molar-refractivity contribution in [1.82, 2.24) is 5.16 Å². The fourth-order valence-corrected chi connectivity index (χ4v) is 3.68. The molecule has 0 bridgehead atoms. The Morgan fingerprint density at radius 2 is 1.79 bits per heavy atom. The number of Topliss-reactive ketones (excluding diaryl/α,β-unsaturated/α-hetero) is 1. The van der Waals surface area contributed by atoms with Crippen LogP contribution in [-0.2, 0) is 15.0 Å². The number of nitrogens with zero attached hydrogens (tertiary/aromatic N) is 3. The first-order valence-electron chi connectivity index (χ1n) is 10.2. The molecule has 2 aromatic carbocycles. The molecule has 0 radical (unpaired) electrons. The van der Waals surface area contributed by atoms with Crippen LogP contribution in [0.3, 0.4) is 0 Å². The molecule has 0 saturated carbocycles. The number of aromatic nitrogens is 1. The van der Waals surface area contributed by atoms with E-state index in [1.807, 2.05) is 20.8 Å². The lowest BCUT2D eigenvalue weighted by Crippen LogP contribution is -2.29. The number of non-ortho nitro benzene ring substituents is 1. The number of benzene rings is 2. The maximum Gasteiger partial charge on any atom is 0.301 e. The highest BCUT2D eigenvalue weighted by atomic mass is 16.6. The van der Waals surface area contributed by atoms with E-state index in [2.05, 4.69) is 5.16 Å². The van der Waals surface area contributed by atoms with Gasteiger partial charge in [0.2, 0.25) is 0 Å². The largest absolute Gasteiger partial charge is 0.507 e. The molecular weight excluding hydrogens is 426 g/mol. The molecule has 1 saturated heterocycles. The minimum Gasteiger partial charge on any atom is -0.507 e. The molecular formula is C24H21N3O6. The minimum atomic E-state index is -1.14. The summed E-state index contributed by atoms with van der Waals surface area (Å²) in [6, 6.07) is 14.3. The molecule has 2 heterocycles. The first-order chi connectivity index (χ1) is 15.6. The van der Waals surface area contributed by atoms with Crippen LogP contribution in [0.2, 0.25) is 0 Å². The Morgan fingerprint density at radius 1 is 1.09 bits per heavy atom. The molecule has 3 aromatic rings. The number of aliphatic hydroxyl groups excluding tert-OH is 1. The highest BCUT2D eigenvalue weighted by Gasteiger charge is 2.48. The van der Waals surface area contributed by atoms with Crippen LogP contribution in [0.1, 0.15) is 43.7 Å². The van der Waals surface area contributed by atoms with E-state index in [0.717, 1.165) is 4.90 Å². The summed E-state index contributed by atoms with van der Waals surface area (Å²) in [6.45, 7) is 5.70. The SMILES string of the molecule is CC(C)(C)c1cc(N2C(=O)C(=O)/C(=C(\O)c3ccccc3)C2c2cccc([N+](=O)[O-])c2)no1. The molecule has 168 valence electrons. The zero-order chi connectivity index (χ0) is 23.9. The molecule has 9 nitrogen and oxygen atoms in total. The third-order valence-corrected chi connectivity index (χ3v) is 5.37. The molecule has 1 aliphatic heterocycles. The maximum atomic E-state index is 13.1. The molecule has 1 aromatic heterocycles. The third kappa shape index (κ3) is 3.89. The molecule has 1 atom stereocenters. The second-order valence-electron chi connectivity index (χ2n) is 8.69. The monoisotopic (exact) mass is 447 g/mol. The molecule has 1 N–H and O–H groups in total. The van der Waals surface area contributed by atoms with Gasteiger partial charge in [-0.25, -0.2) is 0 Å². The topological polar surface area (TPSA) is 127 Å². The van der Waals surface area contributed by atoms with Gasteiger partial charge in [-0.3, -0.25) is 24.6 Å². The van der Waals surface area contributed by atoms with E-state index in [9.17, 15) is 24.8 Å². The van der Waals surface area contributed by atoms with E-state index < -0.39 is 28.1 Å². The fourth-order valence-electron chi connectivity index (χ4n) is 3.68. The number of hydrogen-bond donors (Lipinski definition) is 1. The average Bonchev–Trinajstić information content (AvgIpc) is 3.37. The van der Waals surface area contributed by atoms with Crippen molar-refractivity contribution in [2.75, 3.05) is 4.90 Å².